The van der Waals surface area contributed by atoms with Gasteiger partial charge < -0.3 is 4.90 Å². The van der Waals surface area contributed by atoms with Crippen molar-refractivity contribution in [2.24, 2.45) is 11.1 Å². The van der Waals surface area contributed by atoms with E-state index in [0.29, 0.717) is 17.6 Å². The van der Waals surface area contributed by atoms with Crippen LogP contribution < -0.4 is 10.0 Å². The first kappa shape index (κ1) is 16.2. The molecule has 2 aliphatic rings. The molecule has 1 aliphatic heterocycles. The number of sulfonamides is 1. The summed E-state index contributed by atoms with van der Waals surface area (Å²) >= 11 is 0. The summed E-state index contributed by atoms with van der Waals surface area (Å²) in [4.78, 5) is 12.8. The summed E-state index contributed by atoms with van der Waals surface area (Å²) in [6.07, 6.45) is 6.84. The minimum atomic E-state index is -3.95. The lowest BCUT2D eigenvalue weighted by atomic mass is 9.95. The van der Waals surface area contributed by atoms with E-state index in [4.69, 9.17) is 5.14 Å². The van der Waals surface area contributed by atoms with Crippen LogP contribution >= 0.6 is 0 Å². The Morgan fingerprint density at radius 3 is 2.48 bits per heavy atom. The number of anilines is 1. The molecule has 1 atom stereocenters. The lowest BCUT2D eigenvalue weighted by Crippen LogP contribution is -2.35. The fourth-order valence-corrected chi connectivity index (χ4v) is 4.53. The zero-order valence-corrected chi connectivity index (χ0v) is 13.7. The molecule has 8 heteroatoms. The monoisotopic (exact) mass is 339 g/mol. The molecular formula is C15H21N3O4S. The van der Waals surface area contributed by atoms with Crippen LogP contribution in [0.15, 0.2) is 23.1 Å². The van der Waals surface area contributed by atoms with Gasteiger partial charge in [-0.3, -0.25) is 10.1 Å². The number of hydrogen-bond donors (Lipinski definition) is 1. The summed E-state index contributed by atoms with van der Waals surface area (Å²) in [5, 5.41) is 16.5. The van der Waals surface area contributed by atoms with Crippen molar-refractivity contribution in [3.8, 4) is 0 Å². The number of nitrogens with two attached hydrogens (primary N) is 1. The van der Waals surface area contributed by atoms with Gasteiger partial charge in [0.05, 0.1) is 9.82 Å². The van der Waals surface area contributed by atoms with Gasteiger partial charge >= 0.3 is 0 Å². The molecule has 1 aromatic rings. The number of rotatable bonds is 4. The average molecular weight is 339 g/mol. The van der Waals surface area contributed by atoms with Crippen LogP contribution in [0.2, 0.25) is 0 Å². The quantitative estimate of drug-likeness (QED) is 0.669. The van der Waals surface area contributed by atoms with E-state index < -0.39 is 14.9 Å². The predicted molar refractivity (Wildman–Crippen MR) is 86.8 cm³/mol. The van der Waals surface area contributed by atoms with Crippen molar-refractivity contribution in [1.29, 1.82) is 0 Å². The average Bonchev–Trinajstić information content (AvgIpc) is 3.16. The van der Waals surface area contributed by atoms with Gasteiger partial charge in [0, 0.05) is 18.7 Å². The number of nitro benzene ring substituents is 1. The molecule has 2 fully saturated rings. The van der Waals surface area contributed by atoms with Crippen molar-refractivity contribution in [2.45, 2.75) is 49.5 Å². The molecule has 126 valence electrons. The van der Waals surface area contributed by atoms with Gasteiger partial charge in [0.15, 0.2) is 0 Å². The lowest BCUT2D eigenvalue weighted by Gasteiger charge is -2.31. The summed E-state index contributed by atoms with van der Waals surface area (Å²) in [7, 11) is -3.95. The molecule has 0 aromatic heterocycles. The van der Waals surface area contributed by atoms with Gasteiger partial charge in [-0.15, -0.1) is 0 Å². The Hall–Kier alpha value is -1.67. The Labute approximate surface area is 135 Å². The number of benzene rings is 1. The molecule has 1 aliphatic carbocycles. The molecule has 1 saturated heterocycles. The van der Waals surface area contributed by atoms with Crippen molar-refractivity contribution in [3.63, 3.8) is 0 Å². The first-order valence-electron chi connectivity index (χ1n) is 7.96. The molecule has 1 heterocycles. The zero-order valence-electron chi connectivity index (χ0n) is 12.8. The second kappa shape index (κ2) is 6.09. The van der Waals surface area contributed by atoms with E-state index in [1.165, 1.54) is 37.8 Å². The number of hydrogen-bond acceptors (Lipinski definition) is 5. The van der Waals surface area contributed by atoms with Gasteiger partial charge in [-0.25, -0.2) is 13.6 Å². The third kappa shape index (κ3) is 3.18. The van der Waals surface area contributed by atoms with Crippen LogP contribution in [-0.4, -0.2) is 25.9 Å². The Bertz CT molecular complexity index is 713. The van der Waals surface area contributed by atoms with E-state index >= 15 is 0 Å². The molecule has 7 nitrogen and oxygen atoms in total. The summed E-state index contributed by atoms with van der Waals surface area (Å²) in [6.45, 7) is 0.775. The molecule has 23 heavy (non-hydrogen) atoms. The van der Waals surface area contributed by atoms with E-state index in [1.807, 2.05) is 0 Å². The van der Waals surface area contributed by atoms with Gasteiger partial charge in [-0.2, -0.15) is 0 Å². The maximum absolute atomic E-state index is 11.5. The molecule has 1 aromatic carbocycles. The summed E-state index contributed by atoms with van der Waals surface area (Å²) < 4.78 is 22.9. The molecule has 1 saturated carbocycles. The first-order valence-corrected chi connectivity index (χ1v) is 9.50. The van der Waals surface area contributed by atoms with Crippen molar-refractivity contribution in [1.82, 2.24) is 0 Å². The standard InChI is InChI=1S/C15H21N3O4S/c16-23(21,22)12-7-8-14(15(10-12)18(19)20)17-9-3-6-13(17)11-4-1-2-5-11/h7-8,10-11,13H,1-6,9H2,(H2,16,21,22)/t13-/m0/s1. The highest BCUT2D eigenvalue weighted by Gasteiger charge is 2.36. The molecule has 0 spiro atoms. The van der Waals surface area contributed by atoms with E-state index in [1.54, 1.807) is 0 Å². The van der Waals surface area contributed by atoms with Gasteiger partial charge in [-0.1, -0.05) is 12.8 Å². The molecular weight excluding hydrogens is 318 g/mol. The fourth-order valence-electron chi connectivity index (χ4n) is 3.99. The van der Waals surface area contributed by atoms with Gasteiger partial charge in [0.2, 0.25) is 10.0 Å². The molecule has 0 amide bonds. The van der Waals surface area contributed by atoms with Crippen LogP contribution in [0, 0.1) is 16.0 Å². The second-order valence-electron chi connectivity index (χ2n) is 6.40. The zero-order chi connectivity index (χ0) is 16.6. The van der Waals surface area contributed by atoms with E-state index in [-0.39, 0.29) is 10.6 Å². The molecule has 0 radical (unpaired) electrons. The minimum absolute atomic E-state index is 0.179. The van der Waals surface area contributed by atoms with Gasteiger partial charge in [0.25, 0.3) is 5.69 Å². The minimum Gasteiger partial charge on any atom is -0.363 e. The number of nitrogens with zero attached hydrogens (tertiary/aromatic N) is 2. The SMILES string of the molecule is NS(=O)(=O)c1ccc(N2CCC[C@H]2C2CCCC2)c([N+](=O)[O-])c1. The van der Waals surface area contributed by atoms with Crippen molar-refractivity contribution >= 4 is 21.4 Å². The third-order valence-corrected chi connectivity index (χ3v) is 5.94. The molecule has 2 N–H and O–H groups in total. The maximum Gasteiger partial charge on any atom is 0.293 e. The van der Waals surface area contributed by atoms with Crippen molar-refractivity contribution in [2.75, 3.05) is 11.4 Å². The van der Waals surface area contributed by atoms with Crippen molar-refractivity contribution in [3.05, 3.63) is 28.3 Å². The lowest BCUT2D eigenvalue weighted by molar-refractivity contribution is -0.384. The summed E-state index contributed by atoms with van der Waals surface area (Å²) in [5.74, 6) is 0.579. The highest BCUT2D eigenvalue weighted by molar-refractivity contribution is 7.89. The predicted octanol–water partition coefficient (Wildman–Crippen LogP) is 2.40. The highest BCUT2D eigenvalue weighted by Crippen LogP contribution is 2.41. The first-order chi connectivity index (χ1) is 10.9. The molecule has 0 unspecified atom stereocenters. The van der Waals surface area contributed by atoms with Crippen LogP contribution in [0.5, 0.6) is 0 Å². The number of nitro groups is 1. The smallest absolute Gasteiger partial charge is 0.293 e. The molecule has 3 rings (SSSR count). The number of primary sulfonamides is 1. The van der Waals surface area contributed by atoms with Crippen LogP contribution in [-0.2, 0) is 10.0 Å². The normalized spacial score (nSPS) is 22.7. The molecule has 0 bridgehead atoms. The Balaban J connectivity index is 1.99. The maximum atomic E-state index is 11.5. The van der Waals surface area contributed by atoms with Gasteiger partial charge in [0.1, 0.15) is 5.69 Å². The topological polar surface area (TPSA) is 107 Å². The highest BCUT2D eigenvalue weighted by atomic mass is 32.2. The van der Waals surface area contributed by atoms with Gasteiger partial charge in [-0.05, 0) is 43.7 Å². The van der Waals surface area contributed by atoms with Crippen LogP contribution in [0.4, 0.5) is 11.4 Å². The second-order valence-corrected chi connectivity index (χ2v) is 7.96. The Morgan fingerprint density at radius 1 is 1.17 bits per heavy atom. The van der Waals surface area contributed by atoms with E-state index in [0.717, 1.165) is 25.5 Å². The van der Waals surface area contributed by atoms with Crippen LogP contribution in [0.3, 0.4) is 0 Å². The Kier molecular flexibility index (Phi) is 4.29. The summed E-state index contributed by atoms with van der Waals surface area (Å²) in [6, 6.07) is 4.29. The fraction of sp³-hybridized carbons (Fsp3) is 0.600. The summed E-state index contributed by atoms with van der Waals surface area (Å²) in [5.41, 5.74) is 0.332. The third-order valence-electron chi connectivity index (χ3n) is 5.02. The van der Waals surface area contributed by atoms with E-state index in [9.17, 15) is 18.5 Å². The Morgan fingerprint density at radius 2 is 1.87 bits per heavy atom. The largest absolute Gasteiger partial charge is 0.363 e. The van der Waals surface area contributed by atoms with Crippen LogP contribution in [0.25, 0.3) is 0 Å². The van der Waals surface area contributed by atoms with E-state index in [2.05, 4.69) is 4.90 Å². The van der Waals surface area contributed by atoms with Crippen LogP contribution in [0.1, 0.15) is 38.5 Å². The van der Waals surface area contributed by atoms with Crippen molar-refractivity contribution < 1.29 is 13.3 Å².